The van der Waals surface area contributed by atoms with Gasteiger partial charge in [-0.3, -0.25) is 4.79 Å². The summed E-state index contributed by atoms with van der Waals surface area (Å²) in [7, 11) is 0. The van der Waals surface area contributed by atoms with Crippen molar-refractivity contribution in [2.24, 2.45) is 0 Å². The molecule has 8 nitrogen and oxygen atoms in total. The molecule has 9 heteroatoms. The fraction of sp³-hybridized carbons (Fsp3) is 0.143. The molecular formula is C21H17ClN2O6. The van der Waals surface area contributed by atoms with Crippen LogP contribution < -0.4 is 10.1 Å². The van der Waals surface area contributed by atoms with Gasteiger partial charge in [0.1, 0.15) is 17.4 Å². The summed E-state index contributed by atoms with van der Waals surface area (Å²) < 4.78 is 9.91. The molecule has 2 rings (SSSR count). The summed E-state index contributed by atoms with van der Waals surface area (Å²) in [6, 6.07) is 12.3. The van der Waals surface area contributed by atoms with Gasteiger partial charge in [0, 0.05) is 5.69 Å². The molecule has 0 aliphatic rings. The van der Waals surface area contributed by atoms with Gasteiger partial charge in [-0.1, -0.05) is 17.7 Å². The fourth-order valence-electron chi connectivity index (χ4n) is 2.28. The number of nitrogens with one attached hydrogen (secondary N) is 1. The van der Waals surface area contributed by atoms with Gasteiger partial charge >= 0.3 is 11.9 Å². The molecule has 0 aliphatic carbocycles. The second kappa shape index (κ2) is 10.6. The number of carbonyl (C=O) groups is 3. The monoisotopic (exact) mass is 428 g/mol. The minimum atomic E-state index is -1.14. The molecule has 0 saturated heterocycles. The first-order chi connectivity index (χ1) is 14.3. The number of carboxylic acids is 1. The van der Waals surface area contributed by atoms with E-state index in [4.69, 9.17) is 26.2 Å². The number of ether oxygens (including phenoxy) is 2. The number of carbonyl (C=O) groups excluding carboxylic acids is 2. The molecule has 2 aromatic carbocycles. The summed E-state index contributed by atoms with van der Waals surface area (Å²) in [4.78, 5) is 34.6. The molecule has 0 aliphatic heterocycles. The van der Waals surface area contributed by atoms with Crippen LogP contribution in [0, 0.1) is 11.3 Å². The number of aliphatic carboxylic acids is 1. The van der Waals surface area contributed by atoms with Crippen LogP contribution in [-0.4, -0.2) is 36.2 Å². The van der Waals surface area contributed by atoms with E-state index in [9.17, 15) is 19.6 Å². The van der Waals surface area contributed by atoms with Crippen molar-refractivity contribution >= 4 is 41.2 Å². The lowest BCUT2D eigenvalue weighted by molar-refractivity contribution is -0.139. The number of esters is 1. The van der Waals surface area contributed by atoms with Gasteiger partial charge in [-0.15, -0.1) is 0 Å². The number of carboxylic acid groups (broad SMARTS) is 1. The van der Waals surface area contributed by atoms with Crippen LogP contribution in [0.4, 0.5) is 5.69 Å². The molecule has 0 unspecified atom stereocenters. The third kappa shape index (κ3) is 6.36. The van der Waals surface area contributed by atoms with E-state index in [2.05, 4.69) is 5.32 Å². The molecule has 0 fully saturated rings. The Morgan fingerprint density at radius 3 is 2.47 bits per heavy atom. The van der Waals surface area contributed by atoms with Crippen LogP contribution in [-0.2, 0) is 14.3 Å². The van der Waals surface area contributed by atoms with E-state index in [1.54, 1.807) is 6.92 Å². The SMILES string of the molecule is CCOC(=O)c1ccc(NC(=O)/C(C#N)=C/c2ccc(OCC(=O)O)c(Cl)c2)cc1. The Morgan fingerprint density at radius 2 is 1.90 bits per heavy atom. The zero-order valence-electron chi connectivity index (χ0n) is 15.8. The van der Waals surface area contributed by atoms with Crippen molar-refractivity contribution in [3.8, 4) is 11.8 Å². The lowest BCUT2D eigenvalue weighted by Crippen LogP contribution is -2.13. The predicted molar refractivity (Wildman–Crippen MR) is 109 cm³/mol. The van der Waals surface area contributed by atoms with Crippen LogP contribution >= 0.6 is 11.6 Å². The van der Waals surface area contributed by atoms with Gasteiger partial charge in [-0.05, 0) is 55.0 Å². The molecule has 0 spiro atoms. The number of anilines is 1. The highest BCUT2D eigenvalue weighted by Crippen LogP contribution is 2.26. The van der Waals surface area contributed by atoms with E-state index in [0.717, 1.165) is 0 Å². The van der Waals surface area contributed by atoms with E-state index in [-0.39, 0.29) is 23.0 Å². The minimum absolute atomic E-state index is 0.136. The number of hydrogen-bond acceptors (Lipinski definition) is 6. The number of rotatable bonds is 8. The van der Waals surface area contributed by atoms with Gasteiger partial charge in [0.05, 0.1) is 17.2 Å². The maximum atomic E-state index is 12.4. The molecule has 0 atom stereocenters. The number of hydrogen-bond donors (Lipinski definition) is 2. The molecule has 1 amide bonds. The summed E-state index contributed by atoms with van der Waals surface area (Å²) in [5.41, 5.74) is 1.00. The third-order valence-corrected chi connectivity index (χ3v) is 3.93. The van der Waals surface area contributed by atoms with Crippen molar-refractivity contribution in [1.82, 2.24) is 0 Å². The molecule has 30 heavy (non-hydrogen) atoms. The Hall–Kier alpha value is -3.83. The molecular weight excluding hydrogens is 412 g/mol. The van der Waals surface area contributed by atoms with Gasteiger partial charge < -0.3 is 19.9 Å². The Morgan fingerprint density at radius 1 is 1.20 bits per heavy atom. The van der Waals surface area contributed by atoms with Crippen LogP contribution in [0.2, 0.25) is 5.02 Å². The molecule has 2 N–H and O–H groups in total. The standard InChI is InChI=1S/C21H17ClN2O6/c1-2-29-21(28)14-4-6-16(7-5-14)24-20(27)15(11-23)9-13-3-8-18(17(22)10-13)30-12-19(25)26/h3-10H,2,12H2,1H3,(H,24,27)(H,25,26)/b15-9+. The first-order valence-electron chi connectivity index (χ1n) is 8.68. The second-order valence-corrected chi connectivity index (χ2v) is 6.20. The molecule has 0 aromatic heterocycles. The highest BCUT2D eigenvalue weighted by atomic mass is 35.5. The van der Waals surface area contributed by atoms with E-state index in [1.165, 1.54) is 48.5 Å². The highest BCUT2D eigenvalue weighted by Gasteiger charge is 2.12. The number of benzene rings is 2. The molecule has 0 radical (unpaired) electrons. The Labute approximate surface area is 177 Å². The molecule has 2 aromatic rings. The molecule has 0 heterocycles. The van der Waals surface area contributed by atoms with E-state index >= 15 is 0 Å². The fourth-order valence-corrected chi connectivity index (χ4v) is 2.52. The lowest BCUT2D eigenvalue weighted by Gasteiger charge is -2.07. The van der Waals surface area contributed by atoms with Crippen molar-refractivity contribution in [3.05, 3.63) is 64.2 Å². The first-order valence-corrected chi connectivity index (χ1v) is 9.06. The predicted octanol–water partition coefficient (Wildman–Crippen LogP) is 3.53. The number of halogens is 1. The number of nitriles is 1. The molecule has 154 valence electrons. The number of amides is 1. The summed E-state index contributed by atoms with van der Waals surface area (Å²) in [6.07, 6.45) is 1.33. The minimum Gasteiger partial charge on any atom is -0.480 e. The van der Waals surface area contributed by atoms with Crippen molar-refractivity contribution < 1.29 is 29.0 Å². The van der Waals surface area contributed by atoms with Crippen molar-refractivity contribution in [2.45, 2.75) is 6.92 Å². The van der Waals surface area contributed by atoms with Gasteiger partial charge in [-0.25, -0.2) is 9.59 Å². The van der Waals surface area contributed by atoms with Crippen LogP contribution in [0.5, 0.6) is 5.75 Å². The molecule has 0 saturated carbocycles. The van der Waals surface area contributed by atoms with Crippen LogP contribution in [0.3, 0.4) is 0 Å². The summed E-state index contributed by atoms with van der Waals surface area (Å²) in [6.45, 7) is 1.41. The zero-order valence-corrected chi connectivity index (χ0v) is 16.6. The summed E-state index contributed by atoms with van der Waals surface area (Å²) >= 11 is 6.04. The average Bonchev–Trinajstić information content (AvgIpc) is 2.71. The van der Waals surface area contributed by atoms with E-state index in [0.29, 0.717) is 16.8 Å². The van der Waals surface area contributed by atoms with Crippen molar-refractivity contribution in [3.63, 3.8) is 0 Å². The normalized spacial score (nSPS) is 10.6. The Bertz CT molecular complexity index is 1020. The topological polar surface area (TPSA) is 126 Å². The summed E-state index contributed by atoms with van der Waals surface area (Å²) in [5, 5.41) is 20.7. The lowest BCUT2D eigenvalue weighted by atomic mass is 10.1. The number of nitrogens with zero attached hydrogens (tertiary/aromatic N) is 1. The first kappa shape index (κ1) is 22.5. The van der Waals surface area contributed by atoms with Gasteiger partial charge in [-0.2, -0.15) is 5.26 Å². The van der Waals surface area contributed by atoms with Gasteiger partial charge in [0.25, 0.3) is 5.91 Å². The second-order valence-electron chi connectivity index (χ2n) is 5.79. The maximum absolute atomic E-state index is 12.4. The summed E-state index contributed by atoms with van der Waals surface area (Å²) in [5.74, 6) is -2.10. The maximum Gasteiger partial charge on any atom is 0.341 e. The van der Waals surface area contributed by atoms with Crippen LogP contribution in [0.25, 0.3) is 6.08 Å². The van der Waals surface area contributed by atoms with Crippen molar-refractivity contribution in [2.75, 3.05) is 18.5 Å². The van der Waals surface area contributed by atoms with Crippen LogP contribution in [0.1, 0.15) is 22.8 Å². The van der Waals surface area contributed by atoms with Crippen molar-refractivity contribution in [1.29, 1.82) is 5.26 Å². The smallest absolute Gasteiger partial charge is 0.341 e. The quantitative estimate of drug-likeness (QED) is 0.374. The average molecular weight is 429 g/mol. The molecule has 0 bridgehead atoms. The highest BCUT2D eigenvalue weighted by molar-refractivity contribution is 6.32. The van der Waals surface area contributed by atoms with Gasteiger partial charge in [0.2, 0.25) is 0 Å². The van der Waals surface area contributed by atoms with Gasteiger partial charge in [0.15, 0.2) is 6.61 Å². The van der Waals surface area contributed by atoms with E-state index in [1.807, 2.05) is 6.07 Å². The zero-order chi connectivity index (χ0) is 22.1. The third-order valence-electron chi connectivity index (χ3n) is 3.64. The Balaban J connectivity index is 2.11. The largest absolute Gasteiger partial charge is 0.480 e. The Kier molecular flexibility index (Phi) is 7.97. The van der Waals surface area contributed by atoms with E-state index < -0.39 is 24.5 Å². The van der Waals surface area contributed by atoms with Crippen LogP contribution in [0.15, 0.2) is 48.0 Å².